The van der Waals surface area contributed by atoms with Crippen LogP contribution in [0, 0.1) is 0 Å². The van der Waals surface area contributed by atoms with Gasteiger partial charge in [-0.1, -0.05) is 30.3 Å². The van der Waals surface area contributed by atoms with Crippen molar-refractivity contribution in [3.8, 4) is 0 Å². The van der Waals surface area contributed by atoms with Crippen LogP contribution in [0.4, 0.5) is 0 Å². The quantitative estimate of drug-likeness (QED) is 0.849. The van der Waals surface area contributed by atoms with Crippen molar-refractivity contribution in [2.75, 3.05) is 6.54 Å². The van der Waals surface area contributed by atoms with Crippen molar-refractivity contribution in [2.24, 2.45) is 5.73 Å². The summed E-state index contributed by atoms with van der Waals surface area (Å²) < 4.78 is 0. The van der Waals surface area contributed by atoms with Crippen LogP contribution in [0.25, 0.3) is 0 Å². The molecule has 1 saturated heterocycles. The second-order valence-electron chi connectivity index (χ2n) is 5.85. The summed E-state index contributed by atoms with van der Waals surface area (Å²) in [5, 5.41) is 0. The van der Waals surface area contributed by atoms with Crippen molar-refractivity contribution in [3.63, 3.8) is 0 Å². The van der Waals surface area contributed by atoms with Crippen molar-refractivity contribution >= 4 is 0 Å². The maximum Gasteiger partial charge on any atom is 0.0325 e. The fraction of sp³-hybridized carbons (Fsp3) is 0.600. The predicted octanol–water partition coefficient (Wildman–Crippen LogP) is 2.95. The molecule has 94 valence electrons. The van der Waals surface area contributed by atoms with Gasteiger partial charge in [-0.2, -0.15) is 0 Å². The highest BCUT2D eigenvalue weighted by Crippen LogP contribution is 2.34. The van der Waals surface area contributed by atoms with Crippen molar-refractivity contribution < 1.29 is 0 Å². The highest BCUT2D eigenvalue weighted by Gasteiger charge is 2.36. The fourth-order valence-electron chi connectivity index (χ4n) is 3.10. The van der Waals surface area contributed by atoms with Crippen molar-refractivity contribution in [2.45, 2.75) is 51.2 Å². The number of hydrogen-bond donors (Lipinski definition) is 1. The fourth-order valence-corrected chi connectivity index (χ4v) is 3.10. The molecule has 2 atom stereocenters. The molecule has 0 aliphatic carbocycles. The number of piperidine rings is 1. The van der Waals surface area contributed by atoms with E-state index >= 15 is 0 Å². The third-order valence-corrected chi connectivity index (χ3v) is 4.03. The molecule has 1 aliphatic rings. The van der Waals surface area contributed by atoms with Gasteiger partial charge in [0.05, 0.1) is 0 Å². The Labute approximate surface area is 105 Å². The first-order valence-electron chi connectivity index (χ1n) is 6.58. The van der Waals surface area contributed by atoms with Gasteiger partial charge < -0.3 is 5.73 Å². The first kappa shape index (κ1) is 12.6. The molecule has 2 unspecified atom stereocenters. The van der Waals surface area contributed by atoms with Crippen LogP contribution in [-0.4, -0.2) is 23.0 Å². The molecule has 2 nitrogen and oxygen atoms in total. The third-order valence-electron chi connectivity index (χ3n) is 4.03. The van der Waals surface area contributed by atoms with E-state index in [1.165, 1.54) is 5.56 Å². The molecular weight excluding hydrogens is 208 g/mol. The van der Waals surface area contributed by atoms with Crippen LogP contribution >= 0.6 is 0 Å². The number of likely N-dealkylation sites (tertiary alicyclic amines) is 1. The zero-order valence-corrected chi connectivity index (χ0v) is 11.2. The summed E-state index contributed by atoms with van der Waals surface area (Å²) in [6.45, 7) is 8.02. The van der Waals surface area contributed by atoms with Gasteiger partial charge in [0.25, 0.3) is 0 Å². The Balaban J connectivity index is 2.17. The number of hydrogen-bond acceptors (Lipinski definition) is 2. The van der Waals surface area contributed by atoms with Crippen LogP contribution in [-0.2, 0) is 0 Å². The van der Waals surface area contributed by atoms with E-state index in [1.54, 1.807) is 0 Å². The predicted molar refractivity (Wildman–Crippen MR) is 72.9 cm³/mol. The second-order valence-corrected chi connectivity index (χ2v) is 5.85. The molecule has 0 bridgehead atoms. The second kappa shape index (κ2) is 4.79. The lowest BCUT2D eigenvalue weighted by atomic mass is 9.85. The number of nitrogens with zero attached hydrogens (tertiary/aromatic N) is 1. The maximum atomic E-state index is 6.08. The molecule has 0 spiro atoms. The summed E-state index contributed by atoms with van der Waals surface area (Å²) in [6.07, 6.45) is 2.20. The minimum absolute atomic E-state index is 0.201. The van der Waals surface area contributed by atoms with Gasteiger partial charge in [0, 0.05) is 24.2 Å². The summed E-state index contributed by atoms with van der Waals surface area (Å²) in [5.41, 5.74) is 7.69. The van der Waals surface area contributed by atoms with Crippen LogP contribution in [0.5, 0.6) is 0 Å². The number of benzene rings is 1. The molecule has 2 rings (SSSR count). The molecule has 0 saturated carbocycles. The highest BCUT2D eigenvalue weighted by molar-refractivity contribution is 5.19. The standard InChI is InChI=1S/C15H24N2/c1-12(13-7-5-4-6-8-13)17-10-9-14(16)11-15(17,2)3/h4-8,12,14H,9-11,16H2,1-3H3. The van der Waals surface area contributed by atoms with Crippen molar-refractivity contribution in [3.05, 3.63) is 35.9 Å². The maximum absolute atomic E-state index is 6.08. The Bertz CT molecular complexity index is 358. The lowest BCUT2D eigenvalue weighted by molar-refractivity contribution is 0.0310. The monoisotopic (exact) mass is 232 g/mol. The number of nitrogens with two attached hydrogens (primary N) is 1. The van der Waals surface area contributed by atoms with E-state index in [4.69, 9.17) is 5.73 Å². The first-order chi connectivity index (χ1) is 8.00. The van der Waals surface area contributed by atoms with Gasteiger partial charge in [0.15, 0.2) is 0 Å². The van der Waals surface area contributed by atoms with Gasteiger partial charge in [-0.05, 0) is 39.2 Å². The molecule has 1 heterocycles. The molecule has 0 amide bonds. The SMILES string of the molecule is CC(c1ccccc1)N1CCC(N)CC1(C)C. The van der Waals surface area contributed by atoms with Crippen LogP contribution in [0.1, 0.15) is 45.2 Å². The summed E-state index contributed by atoms with van der Waals surface area (Å²) in [4.78, 5) is 2.59. The smallest absolute Gasteiger partial charge is 0.0325 e. The average molecular weight is 232 g/mol. The van der Waals surface area contributed by atoms with E-state index < -0.39 is 0 Å². The Morgan fingerprint density at radius 3 is 2.53 bits per heavy atom. The minimum atomic E-state index is 0.201. The Kier molecular flexibility index (Phi) is 3.55. The van der Waals surface area contributed by atoms with Gasteiger partial charge in [0.2, 0.25) is 0 Å². The molecule has 2 heteroatoms. The molecule has 1 aromatic rings. The van der Waals surface area contributed by atoms with E-state index in [0.717, 1.165) is 19.4 Å². The Morgan fingerprint density at radius 1 is 1.29 bits per heavy atom. The number of rotatable bonds is 2. The van der Waals surface area contributed by atoms with Crippen LogP contribution in [0.2, 0.25) is 0 Å². The zero-order valence-electron chi connectivity index (χ0n) is 11.2. The molecule has 2 N–H and O–H groups in total. The molecule has 1 aliphatic heterocycles. The summed E-state index contributed by atoms with van der Waals surface area (Å²) in [6, 6.07) is 11.6. The van der Waals surface area contributed by atoms with E-state index in [2.05, 4.69) is 56.0 Å². The lowest BCUT2D eigenvalue weighted by Crippen LogP contribution is -2.54. The molecule has 17 heavy (non-hydrogen) atoms. The van der Waals surface area contributed by atoms with Crippen LogP contribution in [0.15, 0.2) is 30.3 Å². The third kappa shape index (κ3) is 2.70. The van der Waals surface area contributed by atoms with Gasteiger partial charge >= 0.3 is 0 Å². The zero-order chi connectivity index (χ0) is 12.5. The molecule has 0 radical (unpaired) electrons. The van der Waals surface area contributed by atoms with E-state index in [0.29, 0.717) is 12.1 Å². The summed E-state index contributed by atoms with van der Waals surface area (Å²) >= 11 is 0. The summed E-state index contributed by atoms with van der Waals surface area (Å²) in [5.74, 6) is 0. The van der Waals surface area contributed by atoms with Crippen molar-refractivity contribution in [1.29, 1.82) is 0 Å². The van der Waals surface area contributed by atoms with Gasteiger partial charge in [-0.15, -0.1) is 0 Å². The molecule has 1 fully saturated rings. The first-order valence-corrected chi connectivity index (χ1v) is 6.58. The van der Waals surface area contributed by atoms with E-state index in [9.17, 15) is 0 Å². The Morgan fingerprint density at radius 2 is 1.94 bits per heavy atom. The summed E-state index contributed by atoms with van der Waals surface area (Å²) in [7, 11) is 0. The molecule has 0 aromatic heterocycles. The van der Waals surface area contributed by atoms with Crippen LogP contribution < -0.4 is 5.73 Å². The van der Waals surface area contributed by atoms with Gasteiger partial charge in [-0.25, -0.2) is 0 Å². The topological polar surface area (TPSA) is 29.3 Å². The minimum Gasteiger partial charge on any atom is -0.328 e. The van der Waals surface area contributed by atoms with Gasteiger partial charge in [-0.3, -0.25) is 4.90 Å². The van der Waals surface area contributed by atoms with Gasteiger partial charge in [0.1, 0.15) is 0 Å². The lowest BCUT2D eigenvalue weighted by Gasteiger charge is -2.48. The molecule has 1 aromatic carbocycles. The van der Waals surface area contributed by atoms with Crippen LogP contribution in [0.3, 0.4) is 0 Å². The Hall–Kier alpha value is -0.860. The highest BCUT2D eigenvalue weighted by atomic mass is 15.2. The van der Waals surface area contributed by atoms with E-state index in [-0.39, 0.29) is 5.54 Å². The largest absolute Gasteiger partial charge is 0.328 e. The average Bonchev–Trinajstić information content (AvgIpc) is 2.28. The normalized spacial score (nSPS) is 26.7. The van der Waals surface area contributed by atoms with E-state index in [1.807, 2.05) is 0 Å². The van der Waals surface area contributed by atoms with Crippen molar-refractivity contribution in [1.82, 2.24) is 4.90 Å². The molecular formula is C15H24N2.